The van der Waals surface area contributed by atoms with Crippen LogP contribution in [0.25, 0.3) is 0 Å². The molecule has 0 radical (unpaired) electrons. The number of nitrogens with one attached hydrogen (secondary N) is 1. The smallest absolute Gasteiger partial charge is 0.133 e. The Labute approximate surface area is 139 Å². The summed E-state index contributed by atoms with van der Waals surface area (Å²) in [6.07, 6.45) is 1.11. The molecule has 0 amide bonds. The van der Waals surface area contributed by atoms with Gasteiger partial charge in [0, 0.05) is 21.6 Å². The van der Waals surface area contributed by atoms with Gasteiger partial charge in [0.1, 0.15) is 11.5 Å². The Hall–Kier alpha value is -1.03. The highest BCUT2D eigenvalue weighted by molar-refractivity contribution is 9.10. The molecule has 0 aromatic heterocycles. The third-order valence-corrected chi connectivity index (χ3v) is 3.87. The summed E-state index contributed by atoms with van der Waals surface area (Å²) in [7, 11) is 0. The minimum Gasteiger partial charge on any atom is -0.457 e. The quantitative estimate of drug-likeness (QED) is 0.660. The van der Waals surface area contributed by atoms with Gasteiger partial charge in [-0.2, -0.15) is 0 Å². The lowest BCUT2D eigenvalue weighted by molar-refractivity contribution is 0.469. The Kier molecular flexibility index (Phi) is 6.09. The van der Waals surface area contributed by atoms with Crippen molar-refractivity contribution in [3.63, 3.8) is 0 Å². The number of rotatable bonds is 6. The van der Waals surface area contributed by atoms with Crippen LogP contribution < -0.4 is 10.1 Å². The lowest BCUT2D eigenvalue weighted by Gasteiger charge is -2.14. The maximum absolute atomic E-state index is 6.11. The zero-order valence-corrected chi connectivity index (χ0v) is 14.6. The van der Waals surface area contributed by atoms with Crippen LogP contribution in [0.3, 0.4) is 0 Å². The van der Waals surface area contributed by atoms with Gasteiger partial charge in [-0.3, -0.25) is 0 Å². The van der Waals surface area contributed by atoms with E-state index in [2.05, 4.69) is 28.2 Å². The van der Waals surface area contributed by atoms with E-state index in [1.54, 1.807) is 0 Å². The second kappa shape index (κ2) is 7.83. The van der Waals surface area contributed by atoms with Crippen LogP contribution in [0.5, 0.6) is 11.5 Å². The minimum absolute atomic E-state index is 0.678. The van der Waals surface area contributed by atoms with Gasteiger partial charge in [0.2, 0.25) is 0 Å². The molecular weight excluding hydrogens is 350 g/mol. The molecule has 0 heterocycles. The average Bonchev–Trinajstić information content (AvgIpc) is 2.45. The van der Waals surface area contributed by atoms with Crippen molar-refractivity contribution < 1.29 is 4.74 Å². The molecule has 0 spiro atoms. The van der Waals surface area contributed by atoms with E-state index >= 15 is 0 Å². The molecule has 2 aromatic rings. The summed E-state index contributed by atoms with van der Waals surface area (Å²) < 4.78 is 7.07. The molecule has 2 aromatic carbocycles. The van der Waals surface area contributed by atoms with Gasteiger partial charge in [-0.05, 0) is 49.7 Å². The Morgan fingerprint density at radius 3 is 2.71 bits per heavy atom. The molecule has 0 atom stereocenters. The largest absolute Gasteiger partial charge is 0.457 e. The first-order valence-corrected chi connectivity index (χ1v) is 8.20. The summed E-state index contributed by atoms with van der Waals surface area (Å²) in [5.74, 6) is 1.63. The number of ether oxygens (including phenoxy) is 1. The fourth-order valence-electron chi connectivity index (χ4n) is 1.97. The normalized spacial score (nSPS) is 10.7. The van der Waals surface area contributed by atoms with Crippen molar-refractivity contribution in [1.82, 2.24) is 5.32 Å². The second-order valence-electron chi connectivity index (χ2n) is 4.94. The molecule has 0 saturated heterocycles. The van der Waals surface area contributed by atoms with Crippen LogP contribution in [0.15, 0.2) is 40.9 Å². The summed E-state index contributed by atoms with van der Waals surface area (Å²) in [4.78, 5) is 0. The van der Waals surface area contributed by atoms with E-state index in [1.807, 2.05) is 43.3 Å². The van der Waals surface area contributed by atoms with E-state index in [4.69, 9.17) is 16.3 Å². The lowest BCUT2D eigenvalue weighted by Crippen LogP contribution is -2.14. The zero-order valence-electron chi connectivity index (χ0n) is 12.2. The molecule has 4 heteroatoms. The van der Waals surface area contributed by atoms with Crippen molar-refractivity contribution >= 4 is 27.5 Å². The molecule has 0 saturated carbocycles. The topological polar surface area (TPSA) is 21.3 Å². The molecular formula is C17H19BrClNO. The number of benzene rings is 2. The van der Waals surface area contributed by atoms with Gasteiger partial charge < -0.3 is 10.1 Å². The molecule has 0 aliphatic rings. The predicted octanol–water partition coefficient (Wildman–Crippen LogP) is 5.70. The van der Waals surface area contributed by atoms with E-state index in [1.165, 1.54) is 0 Å². The first-order chi connectivity index (χ1) is 10.1. The Morgan fingerprint density at radius 1 is 1.14 bits per heavy atom. The van der Waals surface area contributed by atoms with Crippen molar-refractivity contribution in [2.24, 2.45) is 0 Å². The van der Waals surface area contributed by atoms with Crippen molar-refractivity contribution in [2.45, 2.75) is 26.8 Å². The highest BCUT2D eigenvalue weighted by Crippen LogP contribution is 2.32. The van der Waals surface area contributed by atoms with Gasteiger partial charge in [-0.25, -0.2) is 0 Å². The molecule has 112 valence electrons. The van der Waals surface area contributed by atoms with Crippen LogP contribution in [0.1, 0.15) is 24.5 Å². The second-order valence-corrected chi connectivity index (χ2v) is 6.29. The van der Waals surface area contributed by atoms with E-state index in [-0.39, 0.29) is 0 Å². The first kappa shape index (κ1) is 16.3. The molecule has 0 aliphatic heterocycles. The average molecular weight is 369 g/mol. The van der Waals surface area contributed by atoms with Gasteiger partial charge in [0.25, 0.3) is 0 Å². The maximum Gasteiger partial charge on any atom is 0.133 e. The lowest BCUT2D eigenvalue weighted by atomic mass is 10.2. The van der Waals surface area contributed by atoms with E-state index < -0.39 is 0 Å². The first-order valence-electron chi connectivity index (χ1n) is 7.03. The van der Waals surface area contributed by atoms with Gasteiger partial charge in [-0.15, -0.1) is 0 Å². The Bertz CT molecular complexity index is 616. The molecule has 0 fully saturated rings. The summed E-state index contributed by atoms with van der Waals surface area (Å²) in [5.41, 5.74) is 2.19. The minimum atomic E-state index is 0.678. The zero-order chi connectivity index (χ0) is 15.2. The van der Waals surface area contributed by atoms with Crippen LogP contribution in [0.4, 0.5) is 0 Å². The molecule has 21 heavy (non-hydrogen) atoms. The van der Waals surface area contributed by atoms with Gasteiger partial charge in [-0.1, -0.05) is 46.6 Å². The monoisotopic (exact) mass is 367 g/mol. The van der Waals surface area contributed by atoms with Crippen LogP contribution in [0.2, 0.25) is 5.02 Å². The number of halogens is 2. The van der Waals surface area contributed by atoms with Crippen LogP contribution in [-0.4, -0.2) is 6.54 Å². The van der Waals surface area contributed by atoms with Gasteiger partial charge in [0.15, 0.2) is 0 Å². The van der Waals surface area contributed by atoms with Gasteiger partial charge >= 0.3 is 0 Å². The number of hydrogen-bond acceptors (Lipinski definition) is 2. The highest BCUT2D eigenvalue weighted by Gasteiger charge is 2.08. The van der Waals surface area contributed by atoms with Crippen molar-refractivity contribution in [3.05, 3.63) is 57.0 Å². The summed E-state index contributed by atoms with van der Waals surface area (Å²) in [6.45, 7) is 5.93. The van der Waals surface area contributed by atoms with Crippen LogP contribution >= 0.6 is 27.5 Å². The molecule has 2 rings (SSSR count). The van der Waals surface area contributed by atoms with E-state index in [0.29, 0.717) is 5.02 Å². The third kappa shape index (κ3) is 4.73. The fourth-order valence-corrected chi connectivity index (χ4v) is 2.47. The van der Waals surface area contributed by atoms with Gasteiger partial charge in [0.05, 0.1) is 0 Å². The molecule has 0 unspecified atom stereocenters. The van der Waals surface area contributed by atoms with E-state index in [9.17, 15) is 0 Å². The Balaban J connectivity index is 2.25. The molecule has 0 aliphatic carbocycles. The molecule has 0 bridgehead atoms. The summed E-state index contributed by atoms with van der Waals surface area (Å²) >= 11 is 9.58. The molecule has 2 nitrogen and oxygen atoms in total. The van der Waals surface area contributed by atoms with Crippen molar-refractivity contribution in [3.8, 4) is 11.5 Å². The Morgan fingerprint density at radius 2 is 1.95 bits per heavy atom. The predicted molar refractivity (Wildman–Crippen MR) is 92.4 cm³/mol. The van der Waals surface area contributed by atoms with Crippen LogP contribution in [0, 0.1) is 6.92 Å². The third-order valence-electron chi connectivity index (χ3n) is 3.14. The van der Waals surface area contributed by atoms with Crippen LogP contribution in [-0.2, 0) is 6.54 Å². The SMILES string of the molecule is CCCNCc1ccc(Cl)cc1Oc1cc(Br)ccc1C. The van der Waals surface area contributed by atoms with E-state index in [0.717, 1.165) is 46.6 Å². The number of hydrogen-bond donors (Lipinski definition) is 1. The standard InChI is InChI=1S/C17H19BrClNO/c1-3-8-20-11-13-5-7-15(19)10-17(13)21-16-9-14(18)6-4-12(16)2/h4-7,9-10,20H,3,8,11H2,1-2H3. The van der Waals surface area contributed by atoms with Crippen molar-refractivity contribution in [1.29, 1.82) is 0 Å². The summed E-state index contributed by atoms with van der Waals surface area (Å²) in [5, 5.41) is 4.07. The fraction of sp³-hybridized carbons (Fsp3) is 0.294. The summed E-state index contributed by atoms with van der Waals surface area (Å²) in [6, 6.07) is 11.8. The molecule has 1 N–H and O–H groups in total. The highest BCUT2D eigenvalue weighted by atomic mass is 79.9. The maximum atomic E-state index is 6.11. The number of aryl methyl sites for hydroxylation is 1. The van der Waals surface area contributed by atoms with Crippen molar-refractivity contribution in [2.75, 3.05) is 6.54 Å².